The summed E-state index contributed by atoms with van der Waals surface area (Å²) in [6.07, 6.45) is 0. The van der Waals surface area contributed by atoms with E-state index >= 15 is 0 Å². The topological polar surface area (TPSA) is 44.8 Å². The SMILES string of the molecule is COc1ccc2c(c1)OCCOC2=O. The van der Waals surface area contributed by atoms with Gasteiger partial charge in [-0.25, -0.2) is 4.79 Å². The number of cyclic esters (lactones) is 1. The third-order valence-electron chi connectivity index (χ3n) is 1.98. The minimum Gasteiger partial charge on any atom is -0.497 e. The van der Waals surface area contributed by atoms with E-state index in [4.69, 9.17) is 14.2 Å². The zero-order valence-electron chi connectivity index (χ0n) is 7.78. The van der Waals surface area contributed by atoms with Gasteiger partial charge >= 0.3 is 5.97 Å². The first-order chi connectivity index (χ1) is 6.81. The van der Waals surface area contributed by atoms with Crippen molar-refractivity contribution in [2.24, 2.45) is 0 Å². The maximum absolute atomic E-state index is 11.4. The molecular weight excluding hydrogens is 184 g/mol. The highest BCUT2D eigenvalue weighted by atomic mass is 16.6. The summed E-state index contributed by atoms with van der Waals surface area (Å²) >= 11 is 0. The number of carbonyl (C=O) groups excluding carboxylic acids is 1. The van der Waals surface area contributed by atoms with Crippen molar-refractivity contribution in [2.45, 2.75) is 0 Å². The Kier molecular flexibility index (Phi) is 2.26. The van der Waals surface area contributed by atoms with E-state index in [1.165, 1.54) is 0 Å². The lowest BCUT2D eigenvalue weighted by Gasteiger charge is -2.06. The third-order valence-corrected chi connectivity index (χ3v) is 1.98. The maximum atomic E-state index is 11.4. The largest absolute Gasteiger partial charge is 0.497 e. The van der Waals surface area contributed by atoms with Crippen molar-refractivity contribution < 1.29 is 19.0 Å². The summed E-state index contributed by atoms with van der Waals surface area (Å²) in [6.45, 7) is 0.668. The summed E-state index contributed by atoms with van der Waals surface area (Å²) in [4.78, 5) is 11.4. The van der Waals surface area contributed by atoms with Crippen LogP contribution in [0.5, 0.6) is 11.5 Å². The highest BCUT2D eigenvalue weighted by Crippen LogP contribution is 2.26. The van der Waals surface area contributed by atoms with Crippen LogP contribution in [0.25, 0.3) is 0 Å². The zero-order valence-corrected chi connectivity index (χ0v) is 7.78. The molecule has 0 unspecified atom stereocenters. The van der Waals surface area contributed by atoms with E-state index in [1.54, 1.807) is 25.3 Å². The van der Waals surface area contributed by atoms with Gasteiger partial charge in [0.15, 0.2) is 0 Å². The molecule has 4 heteroatoms. The summed E-state index contributed by atoms with van der Waals surface area (Å²) in [5.74, 6) is 0.838. The first-order valence-electron chi connectivity index (χ1n) is 4.29. The fraction of sp³-hybridized carbons (Fsp3) is 0.300. The van der Waals surface area contributed by atoms with Crippen LogP contribution in [0.3, 0.4) is 0 Å². The summed E-state index contributed by atoms with van der Waals surface area (Å²) in [5, 5.41) is 0. The van der Waals surface area contributed by atoms with Gasteiger partial charge in [0.1, 0.15) is 30.3 Å². The van der Waals surface area contributed by atoms with Gasteiger partial charge < -0.3 is 14.2 Å². The van der Waals surface area contributed by atoms with Crippen LogP contribution in [0.1, 0.15) is 10.4 Å². The van der Waals surface area contributed by atoms with Crippen molar-refractivity contribution in [3.05, 3.63) is 23.8 Å². The zero-order chi connectivity index (χ0) is 9.97. The number of methoxy groups -OCH3 is 1. The average molecular weight is 194 g/mol. The summed E-state index contributed by atoms with van der Waals surface area (Å²) in [7, 11) is 1.57. The van der Waals surface area contributed by atoms with Crippen LogP contribution in [0, 0.1) is 0 Å². The fourth-order valence-electron chi connectivity index (χ4n) is 1.28. The smallest absolute Gasteiger partial charge is 0.342 e. The first kappa shape index (κ1) is 8.87. The van der Waals surface area contributed by atoms with Crippen LogP contribution in [0.15, 0.2) is 18.2 Å². The van der Waals surface area contributed by atoms with Gasteiger partial charge in [-0.15, -0.1) is 0 Å². The van der Waals surface area contributed by atoms with Gasteiger partial charge in [-0.2, -0.15) is 0 Å². The van der Waals surface area contributed by atoms with Gasteiger partial charge in [0.05, 0.1) is 7.11 Å². The molecule has 74 valence electrons. The second-order valence-electron chi connectivity index (χ2n) is 2.85. The molecule has 1 aromatic rings. The van der Waals surface area contributed by atoms with Crippen molar-refractivity contribution in [1.82, 2.24) is 0 Å². The fourth-order valence-corrected chi connectivity index (χ4v) is 1.28. The third kappa shape index (κ3) is 1.51. The van der Waals surface area contributed by atoms with Gasteiger partial charge in [-0.3, -0.25) is 0 Å². The number of rotatable bonds is 1. The Hall–Kier alpha value is -1.71. The van der Waals surface area contributed by atoms with Crippen molar-refractivity contribution in [3.63, 3.8) is 0 Å². The Morgan fingerprint density at radius 3 is 2.86 bits per heavy atom. The van der Waals surface area contributed by atoms with Gasteiger partial charge in [-0.05, 0) is 12.1 Å². The van der Waals surface area contributed by atoms with Crippen LogP contribution in [0.2, 0.25) is 0 Å². The molecule has 1 aliphatic heterocycles. The molecule has 1 heterocycles. The standard InChI is InChI=1S/C10H10O4/c1-12-7-2-3-8-9(6-7)13-4-5-14-10(8)11/h2-3,6H,4-5H2,1H3. The van der Waals surface area contributed by atoms with Gasteiger partial charge in [0.25, 0.3) is 0 Å². The van der Waals surface area contributed by atoms with E-state index in [1.807, 2.05) is 0 Å². The van der Waals surface area contributed by atoms with Crippen LogP contribution < -0.4 is 9.47 Å². The molecule has 0 aromatic heterocycles. The lowest BCUT2D eigenvalue weighted by Crippen LogP contribution is -2.05. The van der Waals surface area contributed by atoms with Gasteiger partial charge in [0, 0.05) is 6.07 Å². The molecule has 4 nitrogen and oxygen atoms in total. The summed E-state index contributed by atoms with van der Waals surface area (Å²) < 4.78 is 15.3. The second kappa shape index (κ2) is 3.57. The Morgan fingerprint density at radius 2 is 2.07 bits per heavy atom. The number of ether oxygens (including phenoxy) is 3. The Morgan fingerprint density at radius 1 is 1.29 bits per heavy atom. The van der Waals surface area contributed by atoms with Crippen LogP contribution in [0.4, 0.5) is 0 Å². The summed E-state index contributed by atoms with van der Waals surface area (Å²) in [5.41, 5.74) is 0.448. The number of benzene rings is 1. The Labute approximate surface area is 81.4 Å². The number of carbonyl (C=O) groups is 1. The van der Waals surface area contributed by atoms with E-state index < -0.39 is 0 Å². The minimum absolute atomic E-state index is 0.288. The molecular formula is C10H10O4. The Bertz CT molecular complexity index is 359. The number of hydrogen-bond donors (Lipinski definition) is 0. The molecule has 0 amide bonds. The molecule has 1 aromatic carbocycles. The van der Waals surface area contributed by atoms with Crippen molar-refractivity contribution >= 4 is 5.97 Å². The molecule has 2 rings (SSSR count). The van der Waals surface area contributed by atoms with Crippen LogP contribution in [-0.4, -0.2) is 26.3 Å². The van der Waals surface area contributed by atoms with Crippen LogP contribution >= 0.6 is 0 Å². The lowest BCUT2D eigenvalue weighted by molar-refractivity contribution is 0.0492. The maximum Gasteiger partial charge on any atom is 0.342 e. The van der Waals surface area contributed by atoms with Crippen molar-refractivity contribution in [2.75, 3.05) is 20.3 Å². The highest BCUT2D eigenvalue weighted by Gasteiger charge is 2.18. The minimum atomic E-state index is -0.347. The average Bonchev–Trinajstić information content (AvgIpc) is 2.40. The van der Waals surface area contributed by atoms with Crippen LogP contribution in [-0.2, 0) is 4.74 Å². The molecule has 14 heavy (non-hydrogen) atoms. The molecule has 0 atom stereocenters. The second-order valence-corrected chi connectivity index (χ2v) is 2.85. The van der Waals surface area contributed by atoms with E-state index in [2.05, 4.69) is 0 Å². The lowest BCUT2D eigenvalue weighted by atomic mass is 10.2. The van der Waals surface area contributed by atoms with Gasteiger partial charge in [-0.1, -0.05) is 0 Å². The molecule has 0 radical (unpaired) electrons. The quantitative estimate of drug-likeness (QED) is 0.631. The molecule has 0 saturated heterocycles. The molecule has 0 spiro atoms. The monoisotopic (exact) mass is 194 g/mol. The molecule has 0 N–H and O–H groups in total. The van der Waals surface area contributed by atoms with Crippen molar-refractivity contribution in [3.8, 4) is 11.5 Å². The first-order valence-corrected chi connectivity index (χ1v) is 4.29. The summed E-state index contributed by atoms with van der Waals surface area (Å²) in [6, 6.07) is 5.03. The van der Waals surface area contributed by atoms with E-state index in [-0.39, 0.29) is 12.6 Å². The molecule has 0 saturated carbocycles. The predicted octanol–water partition coefficient (Wildman–Crippen LogP) is 1.24. The number of esters is 1. The number of hydrogen-bond acceptors (Lipinski definition) is 4. The molecule has 1 aliphatic rings. The van der Waals surface area contributed by atoms with E-state index in [0.717, 1.165) is 0 Å². The van der Waals surface area contributed by atoms with E-state index in [0.29, 0.717) is 23.7 Å². The Balaban J connectivity index is 2.43. The number of fused-ring (bicyclic) bond motifs is 1. The van der Waals surface area contributed by atoms with Crippen molar-refractivity contribution in [1.29, 1.82) is 0 Å². The molecule has 0 fully saturated rings. The highest BCUT2D eigenvalue weighted by molar-refractivity contribution is 5.93. The normalized spacial score (nSPS) is 14.8. The molecule has 0 aliphatic carbocycles. The molecule has 0 bridgehead atoms. The van der Waals surface area contributed by atoms with E-state index in [9.17, 15) is 4.79 Å². The predicted molar refractivity (Wildman–Crippen MR) is 48.8 cm³/mol. The van der Waals surface area contributed by atoms with Gasteiger partial charge in [0.2, 0.25) is 0 Å².